The van der Waals surface area contributed by atoms with Gasteiger partial charge in [0.15, 0.2) is 9.84 Å². The maximum absolute atomic E-state index is 11.4. The first-order valence-corrected chi connectivity index (χ1v) is 8.23. The van der Waals surface area contributed by atoms with Crippen LogP contribution in [0, 0.1) is 0 Å². The molecule has 0 saturated carbocycles. The summed E-state index contributed by atoms with van der Waals surface area (Å²) in [4.78, 5) is 11.9. The SMILES string of the molecule is CS(=O)(=O)c1ccc(-c2sccc2CC(=O)O)cc1. The van der Waals surface area contributed by atoms with Crippen molar-refractivity contribution in [2.75, 3.05) is 6.26 Å². The van der Waals surface area contributed by atoms with Gasteiger partial charge in [0, 0.05) is 11.1 Å². The third kappa shape index (κ3) is 3.21. The monoisotopic (exact) mass is 296 g/mol. The van der Waals surface area contributed by atoms with Crippen LogP contribution in [0.2, 0.25) is 0 Å². The fourth-order valence-electron chi connectivity index (χ4n) is 1.74. The van der Waals surface area contributed by atoms with Gasteiger partial charge in [-0.3, -0.25) is 4.79 Å². The number of sulfone groups is 1. The van der Waals surface area contributed by atoms with E-state index in [0.717, 1.165) is 22.3 Å². The molecule has 100 valence electrons. The molecule has 0 radical (unpaired) electrons. The van der Waals surface area contributed by atoms with E-state index in [9.17, 15) is 13.2 Å². The average molecular weight is 296 g/mol. The molecule has 2 aromatic rings. The highest BCUT2D eigenvalue weighted by atomic mass is 32.2. The Morgan fingerprint density at radius 1 is 1.21 bits per heavy atom. The summed E-state index contributed by atoms with van der Waals surface area (Å²) in [5.41, 5.74) is 1.57. The van der Waals surface area contributed by atoms with E-state index in [-0.39, 0.29) is 11.3 Å². The summed E-state index contributed by atoms with van der Waals surface area (Å²) in [6.45, 7) is 0. The summed E-state index contributed by atoms with van der Waals surface area (Å²) >= 11 is 1.45. The Kier molecular flexibility index (Phi) is 3.73. The average Bonchev–Trinajstić information content (AvgIpc) is 2.75. The van der Waals surface area contributed by atoms with Crippen LogP contribution in [-0.4, -0.2) is 25.7 Å². The molecular weight excluding hydrogens is 284 g/mol. The van der Waals surface area contributed by atoms with Crippen LogP contribution in [-0.2, 0) is 21.1 Å². The maximum atomic E-state index is 11.4. The lowest BCUT2D eigenvalue weighted by molar-refractivity contribution is -0.136. The quantitative estimate of drug-likeness (QED) is 0.940. The molecule has 1 heterocycles. The Balaban J connectivity index is 2.38. The van der Waals surface area contributed by atoms with Gasteiger partial charge >= 0.3 is 5.97 Å². The van der Waals surface area contributed by atoms with Crippen molar-refractivity contribution in [3.63, 3.8) is 0 Å². The third-order valence-electron chi connectivity index (χ3n) is 2.63. The summed E-state index contributed by atoms with van der Waals surface area (Å²) in [6.07, 6.45) is 1.12. The fourth-order valence-corrected chi connectivity index (χ4v) is 3.31. The Hall–Kier alpha value is -1.66. The molecule has 6 heteroatoms. The zero-order valence-corrected chi connectivity index (χ0v) is 11.8. The predicted octanol–water partition coefficient (Wildman–Crippen LogP) is 2.45. The van der Waals surface area contributed by atoms with Crippen molar-refractivity contribution in [1.82, 2.24) is 0 Å². The van der Waals surface area contributed by atoms with Crippen LogP contribution in [0.3, 0.4) is 0 Å². The van der Waals surface area contributed by atoms with Gasteiger partial charge in [-0.25, -0.2) is 8.42 Å². The standard InChI is InChI=1S/C13H12O4S2/c1-19(16,17)11-4-2-9(3-5-11)13-10(6-7-18-13)8-12(14)15/h2-7H,8H2,1H3,(H,14,15). The molecule has 1 N–H and O–H groups in total. The van der Waals surface area contributed by atoms with Crippen LogP contribution >= 0.6 is 11.3 Å². The normalized spacial score (nSPS) is 11.4. The Bertz CT molecular complexity index is 696. The molecular formula is C13H12O4S2. The minimum absolute atomic E-state index is 0.0351. The lowest BCUT2D eigenvalue weighted by Crippen LogP contribution is -2.00. The van der Waals surface area contributed by atoms with Gasteiger partial charge in [-0.05, 0) is 34.7 Å². The van der Waals surface area contributed by atoms with Crippen LogP contribution in [0.1, 0.15) is 5.56 Å². The second-order valence-corrected chi connectivity index (χ2v) is 7.07. The third-order valence-corrected chi connectivity index (χ3v) is 4.77. The van der Waals surface area contributed by atoms with E-state index in [1.165, 1.54) is 23.5 Å². The first-order valence-electron chi connectivity index (χ1n) is 5.46. The molecule has 0 aliphatic carbocycles. The molecule has 0 atom stereocenters. The minimum Gasteiger partial charge on any atom is -0.481 e. The fraction of sp³-hybridized carbons (Fsp3) is 0.154. The lowest BCUT2D eigenvalue weighted by Gasteiger charge is -2.03. The van der Waals surface area contributed by atoms with Crippen molar-refractivity contribution in [1.29, 1.82) is 0 Å². The second-order valence-electron chi connectivity index (χ2n) is 4.14. The number of hydrogen-bond donors (Lipinski definition) is 1. The van der Waals surface area contributed by atoms with Gasteiger partial charge in [-0.15, -0.1) is 11.3 Å². The number of hydrogen-bond acceptors (Lipinski definition) is 4. The lowest BCUT2D eigenvalue weighted by atomic mass is 10.1. The van der Waals surface area contributed by atoms with Crippen LogP contribution < -0.4 is 0 Å². The second kappa shape index (κ2) is 5.14. The van der Waals surface area contributed by atoms with E-state index in [0.29, 0.717) is 0 Å². The van der Waals surface area contributed by atoms with E-state index in [4.69, 9.17) is 5.11 Å². The molecule has 19 heavy (non-hydrogen) atoms. The Morgan fingerprint density at radius 2 is 1.84 bits per heavy atom. The van der Waals surface area contributed by atoms with Gasteiger partial charge < -0.3 is 5.11 Å². The highest BCUT2D eigenvalue weighted by Crippen LogP contribution is 2.30. The Morgan fingerprint density at radius 3 is 2.37 bits per heavy atom. The molecule has 0 unspecified atom stereocenters. The smallest absolute Gasteiger partial charge is 0.307 e. The summed E-state index contributed by atoms with van der Waals surface area (Å²) in [5, 5.41) is 10.7. The Labute approximate surface area is 115 Å². The molecule has 1 aromatic heterocycles. The molecule has 0 fully saturated rings. The number of thiophene rings is 1. The van der Waals surface area contributed by atoms with Gasteiger partial charge in [0.05, 0.1) is 11.3 Å². The van der Waals surface area contributed by atoms with Gasteiger partial charge in [0.2, 0.25) is 0 Å². The van der Waals surface area contributed by atoms with Crippen LogP contribution in [0.25, 0.3) is 10.4 Å². The highest BCUT2D eigenvalue weighted by Gasteiger charge is 2.12. The van der Waals surface area contributed by atoms with E-state index in [1.807, 2.05) is 5.38 Å². The molecule has 2 rings (SSSR count). The van der Waals surface area contributed by atoms with Crippen molar-refractivity contribution in [2.24, 2.45) is 0 Å². The summed E-state index contributed by atoms with van der Waals surface area (Å²) < 4.78 is 22.7. The van der Waals surface area contributed by atoms with E-state index < -0.39 is 15.8 Å². The van der Waals surface area contributed by atoms with E-state index >= 15 is 0 Å². The molecule has 0 bridgehead atoms. The van der Waals surface area contributed by atoms with Gasteiger partial charge in [-0.2, -0.15) is 0 Å². The summed E-state index contributed by atoms with van der Waals surface area (Å²) in [5.74, 6) is -0.882. The molecule has 0 amide bonds. The molecule has 0 aliphatic heterocycles. The molecule has 0 saturated heterocycles. The van der Waals surface area contributed by atoms with Crippen molar-refractivity contribution in [3.05, 3.63) is 41.3 Å². The number of rotatable bonds is 4. The largest absolute Gasteiger partial charge is 0.481 e. The van der Waals surface area contributed by atoms with Crippen LogP contribution in [0.4, 0.5) is 0 Å². The van der Waals surface area contributed by atoms with Crippen molar-refractivity contribution in [3.8, 4) is 10.4 Å². The number of benzene rings is 1. The molecule has 0 aliphatic rings. The first kappa shape index (κ1) is 13.8. The van der Waals surface area contributed by atoms with Crippen molar-refractivity contribution >= 4 is 27.1 Å². The van der Waals surface area contributed by atoms with E-state index in [2.05, 4.69) is 0 Å². The zero-order chi connectivity index (χ0) is 14.0. The molecule has 4 nitrogen and oxygen atoms in total. The topological polar surface area (TPSA) is 71.4 Å². The number of aliphatic carboxylic acids is 1. The van der Waals surface area contributed by atoms with Crippen LogP contribution in [0.5, 0.6) is 0 Å². The van der Waals surface area contributed by atoms with Crippen molar-refractivity contribution < 1.29 is 18.3 Å². The van der Waals surface area contributed by atoms with Crippen molar-refractivity contribution in [2.45, 2.75) is 11.3 Å². The number of carboxylic acids is 1. The number of carbonyl (C=O) groups is 1. The summed E-state index contributed by atoms with van der Waals surface area (Å²) in [6, 6.07) is 8.25. The van der Waals surface area contributed by atoms with Gasteiger partial charge in [0.1, 0.15) is 0 Å². The summed E-state index contributed by atoms with van der Waals surface area (Å²) in [7, 11) is -3.21. The zero-order valence-electron chi connectivity index (χ0n) is 10.2. The van der Waals surface area contributed by atoms with E-state index in [1.54, 1.807) is 18.2 Å². The highest BCUT2D eigenvalue weighted by molar-refractivity contribution is 7.90. The first-order chi connectivity index (χ1) is 8.88. The molecule has 1 aromatic carbocycles. The number of carboxylic acid groups (broad SMARTS) is 1. The van der Waals surface area contributed by atoms with Gasteiger partial charge in [0.25, 0.3) is 0 Å². The van der Waals surface area contributed by atoms with Gasteiger partial charge in [-0.1, -0.05) is 12.1 Å². The molecule has 0 spiro atoms. The predicted molar refractivity (Wildman–Crippen MR) is 74.2 cm³/mol. The van der Waals surface area contributed by atoms with Crippen LogP contribution in [0.15, 0.2) is 40.6 Å². The maximum Gasteiger partial charge on any atom is 0.307 e. The minimum atomic E-state index is -3.21.